The Hall–Kier alpha value is -8.21. The topological polar surface area (TPSA) is 23.4 Å². The monoisotopic (exact) mass is 1010 g/mol. The molecule has 0 atom stereocenters. The van der Waals surface area contributed by atoms with Gasteiger partial charge >= 0.3 is 0 Å². The molecule has 4 nitrogen and oxygen atoms in total. The van der Waals surface area contributed by atoms with Crippen LogP contribution in [0.2, 0.25) is 0 Å². The molecule has 13 rings (SSSR count). The molecule has 1 N–H and O–H groups in total. The van der Waals surface area contributed by atoms with Crippen LogP contribution in [0.25, 0.3) is 33.1 Å². The van der Waals surface area contributed by atoms with Crippen LogP contribution in [0.15, 0.2) is 284 Å². The van der Waals surface area contributed by atoms with E-state index in [-0.39, 0.29) is 0 Å². The first kappa shape index (κ1) is 42.9. The minimum absolute atomic E-state index is 1.06. The number of nitrogens with one attached hydrogen (secondary N) is 1. The maximum atomic E-state index is 3.88. The van der Waals surface area contributed by atoms with Crippen molar-refractivity contribution in [3.05, 3.63) is 289 Å². The van der Waals surface area contributed by atoms with Crippen LogP contribution < -0.4 is 51.9 Å². The molecule has 0 amide bonds. The summed E-state index contributed by atoms with van der Waals surface area (Å²) >= 11 is 3.88. The second-order valence-electron chi connectivity index (χ2n) is 18.4. The van der Waals surface area contributed by atoms with Gasteiger partial charge < -0.3 is 4.57 Å². The summed E-state index contributed by atoms with van der Waals surface area (Å²) in [6, 6.07) is 97.6. The quantitative estimate of drug-likeness (QED) is 0.109. The first-order valence-corrected chi connectivity index (χ1v) is 29.0. The fraction of sp³-hybridized carbons (Fsp3) is 0. The van der Waals surface area contributed by atoms with Crippen LogP contribution in [-0.2, 0) is 0 Å². The number of hydrazine groups is 2. The molecule has 0 aliphatic carbocycles. The van der Waals surface area contributed by atoms with E-state index in [1.165, 1.54) is 68.9 Å². The largest absolute Gasteiger partial charge is 0.309 e. The van der Waals surface area contributed by atoms with Crippen molar-refractivity contribution in [2.45, 2.75) is 0 Å². The summed E-state index contributed by atoms with van der Waals surface area (Å²) in [6.07, 6.45) is 6.59. The number of halogens is 1. The summed E-state index contributed by atoms with van der Waals surface area (Å²) in [7, 11) is -5.89. The van der Waals surface area contributed by atoms with Crippen LogP contribution in [0.1, 0.15) is 5.56 Å². The summed E-state index contributed by atoms with van der Waals surface area (Å²) in [6.45, 7) is 0. The van der Waals surface area contributed by atoms with Gasteiger partial charge in [0, 0.05) is 32.7 Å². The van der Waals surface area contributed by atoms with Gasteiger partial charge in [-0.05, 0) is 102 Å². The Kier molecular flexibility index (Phi) is 10.6. The average molecular weight is 1010 g/mol. The van der Waals surface area contributed by atoms with Crippen LogP contribution in [0, 0.1) is 0 Å². The molecule has 0 spiro atoms. The Bertz CT molecular complexity index is 3690. The van der Waals surface area contributed by atoms with Gasteiger partial charge in [-0.3, -0.25) is 5.43 Å². The third-order valence-corrected chi connectivity index (χ3v) is 24.7. The van der Waals surface area contributed by atoms with Crippen LogP contribution in [0.3, 0.4) is 0 Å². The van der Waals surface area contributed by atoms with Crippen molar-refractivity contribution in [3.63, 3.8) is 0 Å². The Morgan fingerprint density at radius 1 is 0.380 bits per heavy atom. The highest BCUT2D eigenvalue weighted by Gasteiger charge is 2.43. The highest BCUT2D eigenvalue weighted by molar-refractivity contribution is 9.10. The van der Waals surface area contributed by atoms with E-state index in [4.69, 9.17) is 0 Å². The summed E-state index contributed by atoms with van der Waals surface area (Å²) in [5.41, 5.74) is 11.6. The van der Waals surface area contributed by atoms with Crippen molar-refractivity contribution >= 4 is 112 Å². The zero-order valence-corrected chi connectivity index (χ0v) is 42.4. The molecular weight excluding hydrogens is 961 g/mol. The number of para-hydroxylation sites is 2. The molecule has 71 heavy (non-hydrogen) atoms. The van der Waals surface area contributed by atoms with Crippen molar-refractivity contribution in [3.8, 4) is 5.69 Å². The van der Waals surface area contributed by atoms with E-state index in [1.54, 1.807) is 0 Å². The number of rotatable bonds is 10. The molecule has 3 heterocycles. The first-order valence-electron chi connectivity index (χ1n) is 24.2. The smallest absolute Gasteiger partial charge is 0.179 e. The summed E-state index contributed by atoms with van der Waals surface area (Å²) in [5.74, 6) is 0. The second-order valence-corrected chi connectivity index (χ2v) is 26.9. The lowest BCUT2D eigenvalue weighted by molar-refractivity contribution is 0.476. The third-order valence-electron chi connectivity index (χ3n) is 14.6. The van der Waals surface area contributed by atoms with E-state index < -0.39 is 16.1 Å². The number of hydrogen-bond acceptors (Lipinski definition) is 3. The first-order chi connectivity index (χ1) is 35.1. The zero-order valence-electron chi connectivity index (χ0n) is 38.8. The van der Waals surface area contributed by atoms with E-state index in [0.717, 1.165) is 27.1 Å². The molecule has 10 aromatic carbocycles. The summed E-state index contributed by atoms with van der Waals surface area (Å²) in [5, 5.41) is 17.3. The van der Waals surface area contributed by atoms with E-state index in [9.17, 15) is 0 Å². The van der Waals surface area contributed by atoms with Gasteiger partial charge in [0.15, 0.2) is 16.1 Å². The number of nitrogens with zero attached hydrogens (tertiary/aromatic N) is 3. The third kappa shape index (κ3) is 6.99. The van der Waals surface area contributed by atoms with Gasteiger partial charge in [-0.2, -0.15) is 5.12 Å². The number of fused-ring (bicyclic) bond motifs is 6. The molecule has 11 aromatic rings. The predicted molar refractivity (Wildman–Crippen MR) is 307 cm³/mol. The van der Waals surface area contributed by atoms with Crippen molar-refractivity contribution in [1.29, 1.82) is 0 Å². The molecule has 1 aromatic heterocycles. The fourth-order valence-corrected chi connectivity index (χ4v) is 21.5. The Morgan fingerprint density at radius 3 is 1.49 bits per heavy atom. The van der Waals surface area contributed by atoms with Gasteiger partial charge in [-0.1, -0.05) is 228 Å². The van der Waals surface area contributed by atoms with E-state index in [0.29, 0.717) is 0 Å². The van der Waals surface area contributed by atoms with Crippen LogP contribution >= 0.6 is 15.9 Å². The van der Waals surface area contributed by atoms with Crippen LogP contribution in [0.5, 0.6) is 0 Å². The maximum absolute atomic E-state index is 3.88. The number of benzene rings is 10. The average Bonchev–Trinajstić information content (AvgIpc) is 3.98. The van der Waals surface area contributed by atoms with Gasteiger partial charge in [-0.15, -0.1) is 0 Å². The number of anilines is 2. The molecule has 0 saturated carbocycles. The minimum atomic E-state index is -3.04. The molecule has 7 heteroatoms. The van der Waals surface area contributed by atoms with Crippen molar-refractivity contribution in [2.75, 3.05) is 10.4 Å². The Labute approximate surface area is 424 Å². The highest BCUT2D eigenvalue weighted by Crippen LogP contribution is 2.38. The molecule has 338 valence electrons. The Morgan fingerprint density at radius 2 is 0.887 bits per heavy atom. The fourth-order valence-electron chi connectivity index (χ4n) is 11.6. The molecule has 0 saturated heterocycles. The van der Waals surface area contributed by atoms with Gasteiger partial charge in [0.05, 0.1) is 28.6 Å². The second kappa shape index (κ2) is 17.6. The number of aromatic nitrogens is 1. The van der Waals surface area contributed by atoms with E-state index in [1.807, 2.05) is 0 Å². The lowest BCUT2D eigenvalue weighted by Gasteiger charge is -2.35. The van der Waals surface area contributed by atoms with Crippen molar-refractivity contribution in [2.24, 2.45) is 0 Å². The minimum Gasteiger partial charge on any atom is -0.309 e. The number of hydrogen-bond donors (Lipinski definition) is 1. The van der Waals surface area contributed by atoms with Gasteiger partial charge in [-0.25, -0.2) is 5.01 Å². The molecule has 0 bridgehead atoms. The molecule has 2 aliphatic rings. The predicted octanol–water partition coefficient (Wildman–Crippen LogP) is 10.2. The standard InChI is InChI=1S/C64H47BrN4Si2/c65-49-36-39-62-60(43-49)59-38-37-58(70(51-22-6-1-7-23-51,52-24-8-2-9-25-52)53-26-10-3-11-27-53)45-64(59)69(62)50-21-19-33-57(44-50)71(54-28-12-4-13-29-54,55-30-14-5-15-31-55)56-32-18-20-47(42-56)48-40-41-67-63-35-17-16-34-61(63)66-68(67)46-48/h1-46,66H. The highest BCUT2D eigenvalue weighted by atomic mass is 79.9. The lowest BCUT2D eigenvalue weighted by atomic mass is 10.1. The van der Waals surface area contributed by atoms with Crippen molar-refractivity contribution in [1.82, 2.24) is 9.69 Å². The van der Waals surface area contributed by atoms with Gasteiger partial charge in [0.2, 0.25) is 0 Å². The maximum Gasteiger partial charge on any atom is 0.179 e. The Balaban J connectivity index is 1.05. The summed E-state index contributed by atoms with van der Waals surface area (Å²) < 4.78 is 3.59. The molecule has 2 aliphatic heterocycles. The SMILES string of the molecule is Brc1ccc2c(c1)c1ccc([Si](c3ccccc3)(c3ccccc3)c3ccccc3)cc1n2-c1cccc([Si](c2ccccc2)(c2ccccc2)c2cccc(C3=CN4Nc5ccccc5N4C=C3)c2)c1. The van der Waals surface area contributed by atoms with E-state index >= 15 is 0 Å². The van der Waals surface area contributed by atoms with Gasteiger partial charge in [0.1, 0.15) is 0 Å². The zero-order chi connectivity index (χ0) is 47.4. The van der Waals surface area contributed by atoms with Crippen LogP contribution in [0.4, 0.5) is 11.4 Å². The lowest BCUT2D eigenvalue weighted by Crippen LogP contribution is -2.74. The molecule has 0 unspecified atom stereocenters. The summed E-state index contributed by atoms with van der Waals surface area (Å²) in [4.78, 5) is 0. The van der Waals surface area contributed by atoms with Gasteiger partial charge in [0.25, 0.3) is 0 Å². The molecule has 0 fully saturated rings. The van der Waals surface area contributed by atoms with E-state index in [2.05, 4.69) is 315 Å². The normalized spacial score (nSPS) is 13.2. The molecule has 0 radical (unpaired) electrons. The van der Waals surface area contributed by atoms with Crippen molar-refractivity contribution < 1.29 is 0 Å². The molecular formula is C64H47BrN4Si2. The van der Waals surface area contributed by atoms with Crippen LogP contribution in [-0.4, -0.2) is 25.8 Å². The number of allylic oxidation sites excluding steroid dienone is 2.